The lowest BCUT2D eigenvalue weighted by atomic mass is 9.85. The smallest absolute Gasteiger partial charge is 0.317 e. The maximum atomic E-state index is 12.6. The van der Waals surface area contributed by atoms with Gasteiger partial charge in [-0.05, 0) is 44.6 Å². The number of likely N-dealkylation sites (tertiary alicyclic amines) is 1. The average Bonchev–Trinajstić information content (AvgIpc) is 3.37. The molecule has 1 aliphatic heterocycles. The molecule has 3 rings (SSSR count). The van der Waals surface area contributed by atoms with E-state index in [4.69, 9.17) is 5.11 Å². The monoisotopic (exact) mass is 351 g/mol. The number of carbonyl (C=O) groups is 2. The summed E-state index contributed by atoms with van der Waals surface area (Å²) >= 11 is 0. The first kappa shape index (κ1) is 18.5. The number of nitrogens with zero attached hydrogens (tertiary/aromatic N) is 2. The van der Waals surface area contributed by atoms with E-state index in [9.17, 15) is 9.59 Å². The van der Waals surface area contributed by atoms with E-state index >= 15 is 0 Å². The SMILES string of the molecule is CN(CC(=O)O)C1CCCN(C(=O)NC2CC2C2CCCCC2)CC1. The number of carboxylic acids is 1. The lowest BCUT2D eigenvalue weighted by Crippen LogP contribution is -2.43. The van der Waals surface area contributed by atoms with Gasteiger partial charge in [0.1, 0.15) is 0 Å². The molecule has 3 fully saturated rings. The fraction of sp³-hybridized carbons (Fsp3) is 0.895. The van der Waals surface area contributed by atoms with Crippen LogP contribution in [0.5, 0.6) is 0 Å². The van der Waals surface area contributed by atoms with Crippen molar-refractivity contribution < 1.29 is 14.7 Å². The maximum Gasteiger partial charge on any atom is 0.317 e. The van der Waals surface area contributed by atoms with Gasteiger partial charge < -0.3 is 15.3 Å². The fourth-order valence-corrected chi connectivity index (χ4v) is 4.78. The van der Waals surface area contributed by atoms with Crippen molar-refractivity contribution in [1.82, 2.24) is 15.1 Å². The van der Waals surface area contributed by atoms with Gasteiger partial charge in [0.25, 0.3) is 0 Å². The van der Waals surface area contributed by atoms with Crippen LogP contribution in [0, 0.1) is 11.8 Å². The molecule has 25 heavy (non-hydrogen) atoms. The third-order valence-corrected chi connectivity index (χ3v) is 6.40. The number of carboxylic acid groups (broad SMARTS) is 1. The Bertz CT molecular complexity index is 479. The minimum absolute atomic E-state index is 0.0714. The normalized spacial score (nSPS) is 30.8. The third-order valence-electron chi connectivity index (χ3n) is 6.40. The van der Waals surface area contributed by atoms with E-state index in [1.54, 1.807) is 0 Å². The highest BCUT2D eigenvalue weighted by Gasteiger charge is 2.44. The molecular weight excluding hydrogens is 318 g/mol. The zero-order valence-electron chi connectivity index (χ0n) is 15.5. The Morgan fingerprint density at radius 3 is 2.56 bits per heavy atom. The summed E-state index contributed by atoms with van der Waals surface area (Å²) < 4.78 is 0. The van der Waals surface area contributed by atoms with E-state index in [0.29, 0.717) is 12.0 Å². The largest absolute Gasteiger partial charge is 0.480 e. The molecule has 3 aliphatic rings. The Labute approximate surface area is 150 Å². The van der Waals surface area contributed by atoms with E-state index < -0.39 is 5.97 Å². The van der Waals surface area contributed by atoms with Gasteiger partial charge in [0.15, 0.2) is 0 Å². The number of rotatable bonds is 5. The van der Waals surface area contributed by atoms with Crippen LogP contribution in [0.15, 0.2) is 0 Å². The molecule has 0 spiro atoms. The van der Waals surface area contributed by atoms with Crippen molar-refractivity contribution >= 4 is 12.0 Å². The Hall–Kier alpha value is -1.30. The van der Waals surface area contributed by atoms with Gasteiger partial charge in [-0.15, -0.1) is 0 Å². The summed E-state index contributed by atoms with van der Waals surface area (Å²) in [4.78, 5) is 27.3. The van der Waals surface area contributed by atoms with Crippen LogP contribution in [0.3, 0.4) is 0 Å². The van der Waals surface area contributed by atoms with Gasteiger partial charge >= 0.3 is 12.0 Å². The number of likely N-dealkylation sites (N-methyl/N-ethyl adjacent to an activating group) is 1. The Kier molecular flexibility index (Phi) is 6.20. The van der Waals surface area contributed by atoms with E-state index in [1.807, 2.05) is 16.8 Å². The molecule has 2 aliphatic carbocycles. The summed E-state index contributed by atoms with van der Waals surface area (Å²) in [5, 5.41) is 12.2. The van der Waals surface area contributed by atoms with Gasteiger partial charge in [-0.2, -0.15) is 0 Å². The summed E-state index contributed by atoms with van der Waals surface area (Å²) in [5.74, 6) is 0.756. The molecule has 2 saturated carbocycles. The highest BCUT2D eigenvalue weighted by Crippen LogP contribution is 2.44. The molecule has 0 radical (unpaired) electrons. The van der Waals surface area contributed by atoms with Crippen LogP contribution in [0.4, 0.5) is 4.79 Å². The number of hydrogen-bond donors (Lipinski definition) is 2. The lowest BCUT2D eigenvalue weighted by Gasteiger charge is -2.26. The average molecular weight is 351 g/mol. The van der Waals surface area contributed by atoms with Crippen LogP contribution in [0.2, 0.25) is 0 Å². The number of carbonyl (C=O) groups excluding carboxylic acids is 1. The predicted molar refractivity (Wildman–Crippen MR) is 96.5 cm³/mol. The first-order valence-corrected chi connectivity index (χ1v) is 10.0. The molecule has 6 heteroatoms. The van der Waals surface area contributed by atoms with E-state index in [2.05, 4.69) is 5.32 Å². The van der Waals surface area contributed by atoms with Gasteiger partial charge in [0, 0.05) is 25.2 Å². The molecule has 142 valence electrons. The Morgan fingerprint density at radius 1 is 1.08 bits per heavy atom. The zero-order chi connectivity index (χ0) is 17.8. The fourth-order valence-electron chi connectivity index (χ4n) is 4.78. The molecular formula is C19H33N3O3. The zero-order valence-corrected chi connectivity index (χ0v) is 15.5. The quantitative estimate of drug-likeness (QED) is 0.798. The van der Waals surface area contributed by atoms with Crippen LogP contribution in [-0.2, 0) is 4.79 Å². The second-order valence-corrected chi connectivity index (χ2v) is 8.23. The number of urea groups is 1. The number of nitrogens with one attached hydrogen (secondary N) is 1. The van der Waals surface area contributed by atoms with E-state index in [1.165, 1.54) is 32.1 Å². The van der Waals surface area contributed by atoms with Crippen LogP contribution in [0.25, 0.3) is 0 Å². The Balaban J connectivity index is 1.42. The van der Waals surface area contributed by atoms with Crippen LogP contribution in [0.1, 0.15) is 57.8 Å². The van der Waals surface area contributed by atoms with Crippen molar-refractivity contribution in [3.63, 3.8) is 0 Å². The van der Waals surface area contributed by atoms with E-state index in [-0.39, 0.29) is 18.6 Å². The maximum absolute atomic E-state index is 12.6. The van der Waals surface area contributed by atoms with Crippen LogP contribution >= 0.6 is 0 Å². The standard InChI is InChI=1S/C19H33N3O3/c1-21(13-18(23)24)15-8-5-10-22(11-9-15)19(25)20-17-12-16(17)14-6-3-2-4-7-14/h14-17H,2-13H2,1H3,(H,20,25)(H,23,24). The van der Waals surface area contributed by atoms with Crippen molar-refractivity contribution in [1.29, 1.82) is 0 Å². The second-order valence-electron chi connectivity index (χ2n) is 8.23. The summed E-state index contributed by atoms with van der Waals surface area (Å²) in [6.45, 7) is 1.58. The van der Waals surface area contributed by atoms with E-state index in [0.717, 1.165) is 44.7 Å². The van der Waals surface area contributed by atoms with Gasteiger partial charge in [-0.3, -0.25) is 9.69 Å². The molecule has 2 amide bonds. The minimum Gasteiger partial charge on any atom is -0.480 e. The number of aliphatic carboxylic acids is 1. The van der Waals surface area contributed by atoms with Gasteiger partial charge in [0.05, 0.1) is 6.54 Å². The topological polar surface area (TPSA) is 72.9 Å². The van der Waals surface area contributed by atoms with Crippen LogP contribution in [-0.4, -0.2) is 65.7 Å². The van der Waals surface area contributed by atoms with Gasteiger partial charge in [-0.25, -0.2) is 4.79 Å². The number of hydrogen-bond acceptors (Lipinski definition) is 3. The molecule has 0 aromatic heterocycles. The summed E-state index contributed by atoms with van der Waals surface area (Å²) in [6.07, 6.45) is 10.7. The Morgan fingerprint density at radius 2 is 1.84 bits per heavy atom. The number of amides is 2. The third kappa shape index (κ3) is 5.09. The summed E-state index contributed by atoms with van der Waals surface area (Å²) in [6, 6.07) is 0.735. The van der Waals surface area contributed by atoms with Crippen molar-refractivity contribution in [3.8, 4) is 0 Å². The molecule has 0 aromatic carbocycles. The van der Waals surface area contributed by atoms with Crippen LogP contribution < -0.4 is 5.32 Å². The van der Waals surface area contributed by atoms with Crippen molar-refractivity contribution in [2.24, 2.45) is 11.8 Å². The minimum atomic E-state index is -0.788. The molecule has 1 saturated heterocycles. The van der Waals surface area contributed by atoms with Crippen molar-refractivity contribution in [3.05, 3.63) is 0 Å². The summed E-state index contributed by atoms with van der Waals surface area (Å²) in [5.41, 5.74) is 0. The molecule has 0 bridgehead atoms. The molecule has 1 heterocycles. The highest BCUT2D eigenvalue weighted by molar-refractivity contribution is 5.75. The second kappa shape index (κ2) is 8.39. The van der Waals surface area contributed by atoms with Gasteiger partial charge in [-0.1, -0.05) is 32.1 Å². The highest BCUT2D eigenvalue weighted by atomic mass is 16.4. The first-order valence-electron chi connectivity index (χ1n) is 10.0. The molecule has 3 atom stereocenters. The first-order chi connectivity index (χ1) is 12.0. The lowest BCUT2D eigenvalue weighted by molar-refractivity contribution is -0.138. The summed E-state index contributed by atoms with van der Waals surface area (Å²) in [7, 11) is 1.87. The van der Waals surface area contributed by atoms with Crippen molar-refractivity contribution in [2.75, 3.05) is 26.7 Å². The van der Waals surface area contributed by atoms with Crippen molar-refractivity contribution in [2.45, 2.75) is 69.9 Å². The van der Waals surface area contributed by atoms with Gasteiger partial charge in [0.2, 0.25) is 0 Å². The molecule has 6 nitrogen and oxygen atoms in total. The molecule has 2 N–H and O–H groups in total. The predicted octanol–water partition coefficient (Wildman–Crippen LogP) is 2.54. The molecule has 0 aromatic rings. The molecule has 3 unspecified atom stereocenters.